The average molecular weight is 345 g/mol. The molecular weight excluding hydrogens is 314 g/mol. The number of urea groups is 1. The number of likely N-dealkylation sites (tertiary alicyclic amines) is 1. The van der Waals surface area contributed by atoms with E-state index in [0.717, 1.165) is 57.9 Å². The van der Waals surface area contributed by atoms with E-state index >= 15 is 0 Å². The maximum Gasteiger partial charge on any atom is 0.321 e. The van der Waals surface area contributed by atoms with Crippen LogP contribution in [0.5, 0.6) is 0 Å². The molecule has 1 aromatic rings. The van der Waals surface area contributed by atoms with Crippen LogP contribution in [0.3, 0.4) is 0 Å². The summed E-state index contributed by atoms with van der Waals surface area (Å²) in [5.74, 6) is 0.649. The van der Waals surface area contributed by atoms with Crippen LogP contribution in [-0.2, 0) is 4.74 Å². The van der Waals surface area contributed by atoms with Crippen molar-refractivity contribution in [2.45, 2.75) is 39.2 Å². The smallest absolute Gasteiger partial charge is 0.321 e. The number of nitrogens with zero attached hydrogens (tertiary/aromatic N) is 2. The van der Waals surface area contributed by atoms with Gasteiger partial charge < -0.3 is 15.0 Å². The Bertz CT molecular complexity index is 555. The van der Waals surface area contributed by atoms with Gasteiger partial charge in [-0.1, -0.05) is 25.5 Å². The van der Waals surface area contributed by atoms with Gasteiger partial charge in [-0.15, -0.1) is 0 Å². The van der Waals surface area contributed by atoms with Crippen molar-refractivity contribution in [1.29, 1.82) is 0 Å². The predicted octanol–water partition coefficient (Wildman–Crippen LogP) is 3.73. The number of piperidine rings is 1. The molecule has 3 rings (SSSR count). The third-order valence-corrected chi connectivity index (χ3v) is 5.62. The Morgan fingerprint density at radius 2 is 1.96 bits per heavy atom. The molecule has 0 aliphatic carbocycles. The second kappa shape index (κ2) is 8.68. The van der Waals surface area contributed by atoms with Gasteiger partial charge in [0.15, 0.2) is 0 Å². The molecule has 2 aliphatic heterocycles. The molecule has 2 fully saturated rings. The first-order valence-corrected chi connectivity index (χ1v) is 9.65. The number of rotatable bonds is 4. The minimum atomic E-state index is 0.0344. The fourth-order valence-corrected chi connectivity index (χ4v) is 3.81. The van der Waals surface area contributed by atoms with Gasteiger partial charge in [-0.05, 0) is 43.4 Å². The lowest BCUT2D eigenvalue weighted by molar-refractivity contribution is 0.0198. The molecule has 0 aromatic heterocycles. The van der Waals surface area contributed by atoms with E-state index in [1.807, 2.05) is 17.0 Å². The quantitative estimate of drug-likeness (QED) is 0.904. The highest BCUT2D eigenvalue weighted by Gasteiger charge is 2.23. The van der Waals surface area contributed by atoms with Crippen LogP contribution in [-0.4, -0.2) is 55.2 Å². The van der Waals surface area contributed by atoms with Crippen molar-refractivity contribution in [3.63, 3.8) is 0 Å². The molecule has 5 heteroatoms. The zero-order valence-electron chi connectivity index (χ0n) is 15.5. The number of hydrogen-bond donors (Lipinski definition) is 1. The van der Waals surface area contributed by atoms with Crippen LogP contribution >= 0.6 is 0 Å². The summed E-state index contributed by atoms with van der Waals surface area (Å²) in [6.45, 7) is 9.78. The molecule has 0 radical (unpaired) electrons. The molecule has 1 aromatic carbocycles. The Labute approximate surface area is 151 Å². The Kier molecular flexibility index (Phi) is 6.32. The van der Waals surface area contributed by atoms with E-state index in [-0.39, 0.29) is 6.03 Å². The van der Waals surface area contributed by atoms with Crippen LogP contribution in [0.2, 0.25) is 0 Å². The van der Waals surface area contributed by atoms with Gasteiger partial charge in [0.05, 0.1) is 13.2 Å². The summed E-state index contributed by atoms with van der Waals surface area (Å²) < 4.78 is 5.43. The molecule has 2 aliphatic rings. The van der Waals surface area contributed by atoms with Crippen LogP contribution in [0.15, 0.2) is 24.3 Å². The Balaban J connectivity index is 1.55. The molecule has 0 unspecified atom stereocenters. The van der Waals surface area contributed by atoms with E-state index in [4.69, 9.17) is 4.74 Å². The zero-order valence-corrected chi connectivity index (χ0v) is 15.5. The molecule has 0 spiro atoms. The summed E-state index contributed by atoms with van der Waals surface area (Å²) in [7, 11) is 0. The lowest BCUT2D eigenvalue weighted by Gasteiger charge is -2.33. The van der Waals surface area contributed by atoms with Gasteiger partial charge in [0.25, 0.3) is 0 Å². The first kappa shape index (κ1) is 18.2. The highest BCUT2D eigenvalue weighted by Crippen LogP contribution is 2.24. The van der Waals surface area contributed by atoms with Crippen molar-refractivity contribution in [3.8, 4) is 0 Å². The van der Waals surface area contributed by atoms with E-state index in [2.05, 4.69) is 36.2 Å². The topological polar surface area (TPSA) is 44.8 Å². The maximum absolute atomic E-state index is 12.5. The molecule has 0 bridgehead atoms. The molecule has 2 atom stereocenters. The molecule has 138 valence electrons. The van der Waals surface area contributed by atoms with Crippen LogP contribution in [0, 0.1) is 5.92 Å². The zero-order chi connectivity index (χ0) is 17.6. The van der Waals surface area contributed by atoms with Gasteiger partial charge in [-0.25, -0.2) is 4.79 Å². The van der Waals surface area contributed by atoms with E-state index in [9.17, 15) is 4.79 Å². The number of amides is 2. The molecule has 2 amide bonds. The number of morpholine rings is 1. The average Bonchev–Trinajstić information content (AvgIpc) is 2.68. The summed E-state index contributed by atoms with van der Waals surface area (Å²) in [4.78, 5) is 16.9. The lowest BCUT2D eigenvalue weighted by Crippen LogP contribution is -2.42. The van der Waals surface area contributed by atoms with Gasteiger partial charge in [0.2, 0.25) is 0 Å². The second-order valence-electron chi connectivity index (χ2n) is 7.24. The summed E-state index contributed by atoms with van der Waals surface area (Å²) in [6.07, 6.45) is 3.51. The third kappa shape index (κ3) is 4.73. The largest absolute Gasteiger partial charge is 0.379 e. The first-order valence-electron chi connectivity index (χ1n) is 9.65. The fraction of sp³-hybridized carbons (Fsp3) is 0.650. The predicted molar refractivity (Wildman–Crippen MR) is 101 cm³/mol. The SMILES string of the molecule is CC[C@@H]1CCCN(C(=O)Nc2ccc([C@@H](C)N3CCOCC3)cc2)C1. The Morgan fingerprint density at radius 3 is 2.64 bits per heavy atom. The molecule has 25 heavy (non-hydrogen) atoms. The number of carbonyl (C=O) groups excluding carboxylic acids is 1. The molecular formula is C20H31N3O2. The van der Waals surface area contributed by atoms with E-state index in [1.165, 1.54) is 12.0 Å². The van der Waals surface area contributed by atoms with Crippen LogP contribution in [0.25, 0.3) is 0 Å². The molecule has 2 heterocycles. The Hall–Kier alpha value is -1.59. The number of anilines is 1. The maximum atomic E-state index is 12.5. The van der Waals surface area contributed by atoms with Gasteiger partial charge in [-0.3, -0.25) is 4.90 Å². The first-order chi connectivity index (χ1) is 12.2. The monoisotopic (exact) mass is 345 g/mol. The molecule has 1 N–H and O–H groups in total. The highest BCUT2D eigenvalue weighted by molar-refractivity contribution is 5.89. The van der Waals surface area contributed by atoms with E-state index < -0.39 is 0 Å². The van der Waals surface area contributed by atoms with Crippen molar-refractivity contribution in [3.05, 3.63) is 29.8 Å². The van der Waals surface area contributed by atoms with E-state index in [0.29, 0.717) is 12.0 Å². The minimum Gasteiger partial charge on any atom is -0.379 e. The summed E-state index contributed by atoms with van der Waals surface area (Å²) in [5, 5.41) is 3.06. The number of ether oxygens (including phenoxy) is 1. The summed E-state index contributed by atoms with van der Waals surface area (Å²) in [5.41, 5.74) is 2.16. The number of carbonyl (C=O) groups is 1. The fourth-order valence-electron chi connectivity index (χ4n) is 3.81. The van der Waals surface area contributed by atoms with E-state index in [1.54, 1.807) is 0 Å². The molecule has 0 saturated carbocycles. The highest BCUT2D eigenvalue weighted by atomic mass is 16.5. The molecule has 2 saturated heterocycles. The van der Waals surface area contributed by atoms with Gasteiger partial charge in [0.1, 0.15) is 0 Å². The van der Waals surface area contributed by atoms with Crippen molar-refractivity contribution < 1.29 is 9.53 Å². The summed E-state index contributed by atoms with van der Waals surface area (Å²) in [6, 6.07) is 8.70. The lowest BCUT2D eigenvalue weighted by atomic mass is 9.96. The number of hydrogen-bond acceptors (Lipinski definition) is 3. The summed E-state index contributed by atoms with van der Waals surface area (Å²) >= 11 is 0. The van der Waals surface area contributed by atoms with Gasteiger partial charge in [-0.2, -0.15) is 0 Å². The van der Waals surface area contributed by atoms with Gasteiger partial charge in [0, 0.05) is 37.9 Å². The van der Waals surface area contributed by atoms with Crippen molar-refractivity contribution in [2.24, 2.45) is 5.92 Å². The normalized spacial score (nSPS) is 23.3. The van der Waals surface area contributed by atoms with Crippen LogP contribution in [0.1, 0.15) is 44.7 Å². The van der Waals surface area contributed by atoms with Crippen molar-refractivity contribution >= 4 is 11.7 Å². The molecule has 5 nitrogen and oxygen atoms in total. The van der Waals surface area contributed by atoms with Crippen LogP contribution < -0.4 is 5.32 Å². The minimum absolute atomic E-state index is 0.0344. The third-order valence-electron chi connectivity index (χ3n) is 5.62. The van der Waals surface area contributed by atoms with Crippen LogP contribution in [0.4, 0.5) is 10.5 Å². The number of benzene rings is 1. The second-order valence-corrected chi connectivity index (χ2v) is 7.24. The Morgan fingerprint density at radius 1 is 1.24 bits per heavy atom. The van der Waals surface area contributed by atoms with Crippen molar-refractivity contribution in [1.82, 2.24) is 9.80 Å². The van der Waals surface area contributed by atoms with Crippen molar-refractivity contribution in [2.75, 3.05) is 44.7 Å². The standard InChI is InChI=1S/C20H31N3O2/c1-3-17-5-4-10-23(15-17)20(24)21-19-8-6-18(7-9-19)16(2)22-11-13-25-14-12-22/h6-9,16-17H,3-5,10-15H2,1-2H3,(H,21,24)/t16-,17-/m1/s1. The van der Waals surface area contributed by atoms with Gasteiger partial charge >= 0.3 is 6.03 Å². The number of nitrogens with one attached hydrogen (secondary N) is 1.